The van der Waals surface area contributed by atoms with Gasteiger partial charge in [0.2, 0.25) is 0 Å². The predicted octanol–water partition coefficient (Wildman–Crippen LogP) is 4.73. The molecule has 23 heavy (non-hydrogen) atoms. The zero-order chi connectivity index (χ0) is 16.7. The van der Waals surface area contributed by atoms with E-state index in [1.807, 2.05) is 30.3 Å². The van der Waals surface area contributed by atoms with Gasteiger partial charge in [-0.05, 0) is 25.5 Å². The summed E-state index contributed by atoms with van der Waals surface area (Å²) in [6, 6.07) is 9.54. The maximum absolute atomic E-state index is 12.3. The van der Waals surface area contributed by atoms with E-state index in [9.17, 15) is 9.59 Å². The highest BCUT2D eigenvalue weighted by Crippen LogP contribution is 2.21. The molecule has 4 nitrogen and oxygen atoms in total. The van der Waals surface area contributed by atoms with Crippen molar-refractivity contribution in [1.82, 2.24) is 4.57 Å². The fourth-order valence-corrected chi connectivity index (χ4v) is 2.79. The van der Waals surface area contributed by atoms with Crippen molar-refractivity contribution < 1.29 is 14.3 Å². The van der Waals surface area contributed by atoms with Gasteiger partial charge in [0.05, 0.1) is 12.1 Å². The number of nitrogens with zero attached hydrogens (tertiary/aromatic N) is 1. The molecule has 0 fully saturated rings. The summed E-state index contributed by atoms with van der Waals surface area (Å²) < 4.78 is 6.67. The third-order valence-electron chi connectivity index (χ3n) is 3.92. The van der Waals surface area contributed by atoms with Gasteiger partial charge in [0.25, 0.3) is 0 Å². The lowest BCUT2D eigenvalue weighted by molar-refractivity contribution is -0.118. The SMILES string of the molecule is CCCCCCC(=O)Cc1cc2ccccc2n1C(=O)OCC. The first-order valence-electron chi connectivity index (χ1n) is 8.45. The highest BCUT2D eigenvalue weighted by atomic mass is 16.5. The summed E-state index contributed by atoms with van der Waals surface area (Å²) in [5.74, 6) is 0.175. The van der Waals surface area contributed by atoms with Crippen molar-refractivity contribution in [1.29, 1.82) is 0 Å². The molecule has 0 aliphatic heterocycles. The van der Waals surface area contributed by atoms with E-state index in [2.05, 4.69) is 6.92 Å². The standard InChI is InChI=1S/C19H25NO3/c1-3-5-6-7-11-17(21)14-16-13-15-10-8-9-12-18(15)20(16)19(22)23-4-2/h8-10,12-13H,3-7,11,14H2,1-2H3. The van der Waals surface area contributed by atoms with Gasteiger partial charge >= 0.3 is 6.09 Å². The molecule has 0 aliphatic carbocycles. The first kappa shape index (κ1) is 17.3. The molecule has 2 aromatic rings. The summed E-state index contributed by atoms with van der Waals surface area (Å²) in [4.78, 5) is 24.5. The largest absolute Gasteiger partial charge is 0.449 e. The molecule has 0 N–H and O–H groups in total. The summed E-state index contributed by atoms with van der Waals surface area (Å²) in [6.07, 6.45) is 4.77. The van der Waals surface area contributed by atoms with Gasteiger partial charge in [-0.15, -0.1) is 0 Å². The van der Waals surface area contributed by atoms with Crippen LogP contribution in [0.15, 0.2) is 30.3 Å². The quantitative estimate of drug-likeness (QED) is 0.662. The van der Waals surface area contributed by atoms with E-state index in [0.29, 0.717) is 18.7 Å². The van der Waals surface area contributed by atoms with Crippen LogP contribution in [0.1, 0.15) is 51.6 Å². The van der Waals surface area contributed by atoms with E-state index >= 15 is 0 Å². The molecule has 0 atom stereocenters. The minimum absolute atomic E-state index is 0.175. The molecule has 1 aromatic carbocycles. The van der Waals surface area contributed by atoms with Crippen LogP contribution in [0.4, 0.5) is 4.79 Å². The lowest BCUT2D eigenvalue weighted by atomic mass is 10.1. The van der Waals surface area contributed by atoms with E-state index in [1.54, 1.807) is 6.92 Å². The molecular weight excluding hydrogens is 290 g/mol. The number of Topliss-reactive ketones (excluding diaryl/α,β-unsaturated/α-hetero) is 1. The fraction of sp³-hybridized carbons (Fsp3) is 0.474. The number of hydrogen-bond donors (Lipinski definition) is 0. The van der Waals surface area contributed by atoms with Crippen molar-refractivity contribution in [3.8, 4) is 0 Å². The van der Waals surface area contributed by atoms with Gasteiger partial charge in [-0.25, -0.2) is 9.36 Å². The number of unbranched alkanes of at least 4 members (excludes halogenated alkanes) is 3. The maximum Gasteiger partial charge on any atom is 0.418 e. The van der Waals surface area contributed by atoms with Gasteiger partial charge in [-0.1, -0.05) is 44.4 Å². The first-order valence-corrected chi connectivity index (χ1v) is 8.45. The second-order valence-corrected chi connectivity index (χ2v) is 5.75. The Bertz CT molecular complexity index is 672. The van der Waals surface area contributed by atoms with Crippen molar-refractivity contribution in [3.05, 3.63) is 36.0 Å². The van der Waals surface area contributed by atoms with E-state index in [-0.39, 0.29) is 12.2 Å². The number of hydrogen-bond acceptors (Lipinski definition) is 3. The van der Waals surface area contributed by atoms with Crippen LogP contribution in [0, 0.1) is 0 Å². The summed E-state index contributed by atoms with van der Waals surface area (Å²) in [7, 11) is 0. The molecule has 2 rings (SSSR count). The van der Waals surface area contributed by atoms with Crippen LogP contribution in [0.5, 0.6) is 0 Å². The van der Waals surface area contributed by atoms with Gasteiger partial charge in [0.15, 0.2) is 0 Å². The Morgan fingerprint density at radius 3 is 2.61 bits per heavy atom. The van der Waals surface area contributed by atoms with E-state index in [0.717, 1.165) is 36.6 Å². The number of ketones is 1. The number of benzene rings is 1. The van der Waals surface area contributed by atoms with E-state index in [1.165, 1.54) is 4.57 Å². The van der Waals surface area contributed by atoms with E-state index < -0.39 is 6.09 Å². The van der Waals surface area contributed by atoms with Gasteiger partial charge in [0, 0.05) is 23.9 Å². The molecule has 0 saturated heterocycles. The summed E-state index contributed by atoms with van der Waals surface area (Å²) >= 11 is 0. The summed E-state index contributed by atoms with van der Waals surface area (Å²) in [5.41, 5.74) is 1.50. The van der Waals surface area contributed by atoms with E-state index in [4.69, 9.17) is 4.74 Å². The summed E-state index contributed by atoms with van der Waals surface area (Å²) in [6.45, 7) is 4.25. The number of carbonyl (C=O) groups excluding carboxylic acids is 2. The molecule has 1 aromatic heterocycles. The first-order chi connectivity index (χ1) is 11.2. The number of rotatable bonds is 8. The molecule has 0 spiro atoms. The fourth-order valence-electron chi connectivity index (χ4n) is 2.79. The van der Waals surface area contributed by atoms with Crippen LogP contribution in [-0.4, -0.2) is 23.1 Å². The highest BCUT2D eigenvalue weighted by Gasteiger charge is 2.17. The number of fused-ring (bicyclic) bond motifs is 1. The average Bonchev–Trinajstić information content (AvgIpc) is 2.89. The smallest absolute Gasteiger partial charge is 0.418 e. The third-order valence-corrected chi connectivity index (χ3v) is 3.92. The lowest BCUT2D eigenvalue weighted by Crippen LogP contribution is -2.18. The molecule has 0 amide bonds. The van der Waals surface area contributed by atoms with Crippen LogP contribution in [0.2, 0.25) is 0 Å². The van der Waals surface area contributed by atoms with Crippen molar-refractivity contribution in [2.45, 2.75) is 52.4 Å². The number of ether oxygens (including phenoxy) is 1. The minimum Gasteiger partial charge on any atom is -0.449 e. The molecule has 0 radical (unpaired) electrons. The highest BCUT2D eigenvalue weighted by molar-refractivity contribution is 5.93. The van der Waals surface area contributed by atoms with Crippen molar-refractivity contribution in [3.63, 3.8) is 0 Å². The molecule has 0 unspecified atom stereocenters. The van der Waals surface area contributed by atoms with Crippen molar-refractivity contribution in [2.24, 2.45) is 0 Å². The number of aromatic nitrogens is 1. The molecule has 124 valence electrons. The van der Waals surface area contributed by atoms with Gasteiger partial charge in [0.1, 0.15) is 5.78 Å². The van der Waals surface area contributed by atoms with Gasteiger partial charge < -0.3 is 4.74 Å². The molecular formula is C19H25NO3. The lowest BCUT2D eigenvalue weighted by Gasteiger charge is -2.09. The predicted molar refractivity (Wildman–Crippen MR) is 91.8 cm³/mol. The maximum atomic E-state index is 12.3. The second-order valence-electron chi connectivity index (χ2n) is 5.75. The monoisotopic (exact) mass is 315 g/mol. The van der Waals surface area contributed by atoms with Crippen LogP contribution in [0.25, 0.3) is 10.9 Å². The molecule has 0 saturated carbocycles. The van der Waals surface area contributed by atoms with Crippen molar-refractivity contribution in [2.75, 3.05) is 6.61 Å². The number of carbonyl (C=O) groups is 2. The molecule has 4 heteroatoms. The Morgan fingerprint density at radius 1 is 1.09 bits per heavy atom. The van der Waals surface area contributed by atoms with Gasteiger partial charge in [-0.3, -0.25) is 4.79 Å². The van der Waals surface area contributed by atoms with Crippen LogP contribution >= 0.6 is 0 Å². The van der Waals surface area contributed by atoms with Crippen LogP contribution in [0.3, 0.4) is 0 Å². The zero-order valence-corrected chi connectivity index (χ0v) is 14.0. The van der Waals surface area contributed by atoms with Gasteiger partial charge in [-0.2, -0.15) is 0 Å². The molecule has 0 aliphatic rings. The van der Waals surface area contributed by atoms with Crippen LogP contribution in [-0.2, 0) is 16.0 Å². The summed E-state index contributed by atoms with van der Waals surface area (Å²) in [5, 5.41) is 0.953. The zero-order valence-electron chi connectivity index (χ0n) is 14.0. The minimum atomic E-state index is -0.414. The Hall–Kier alpha value is -2.10. The van der Waals surface area contributed by atoms with Crippen molar-refractivity contribution >= 4 is 22.8 Å². The Morgan fingerprint density at radius 2 is 1.87 bits per heavy atom. The number of para-hydroxylation sites is 1. The van der Waals surface area contributed by atoms with Crippen LogP contribution < -0.4 is 0 Å². The molecule has 1 heterocycles. The topological polar surface area (TPSA) is 48.3 Å². The Labute approximate surface area is 137 Å². The average molecular weight is 315 g/mol. The third kappa shape index (κ3) is 4.44. The normalized spacial score (nSPS) is 10.9. The molecule has 0 bridgehead atoms. The Balaban J connectivity index is 2.17. The Kier molecular flexibility index (Phi) is 6.39. The second kappa shape index (κ2) is 8.51.